The molecule has 6 heteroatoms. The third-order valence-corrected chi connectivity index (χ3v) is 5.35. The van der Waals surface area contributed by atoms with Gasteiger partial charge in [0.15, 0.2) is 0 Å². The van der Waals surface area contributed by atoms with Crippen LogP contribution >= 0.6 is 15.9 Å². The zero-order chi connectivity index (χ0) is 21.2. The highest BCUT2D eigenvalue weighted by Crippen LogP contribution is 2.35. The lowest BCUT2D eigenvalue weighted by molar-refractivity contribution is 0.296. The molecule has 2 heterocycles. The fourth-order valence-corrected chi connectivity index (χ4v) is 3.79. The van der Waals surface area contributed by atoms with Crippen molar-refractivity contribution in [3.05, 3.63) is 101 Å². The van der Waals surface area contributed by atoms with E-state index in [2.05, 4.69) is 20.9 Å². The van der Waals surface area contributed by atoms with Crippen LogP contribution in [0.1, 0.15) is 5.56 Å². The number of oxazole rings is 1. The molecule has 0 bridgehead atoms. The summed E-state index contributed by atoms with van der Waals surface area (Å²) in [6, 6.07) is 22.1. The Morgan fingerprint density at radius 1 is 0.935 bits per heavy atom. The molecule has 0 atom stereocenters. The van der Waals surface area contributed by atoms with E-state index < -0.39 is 0 Å². The normalized spacial score (nSPS) is 11.0. The molecule has 0 radical (unpaired) electrons. The Hall–Kier alpha value is -3.51. The van der Waals surface area contributed by atoms with Gasteiger partial charge in [0.1, 0.15) is 18.7 Å². The largest absolute Gasteiger partial charge is 0.472 e. The number of fused-ring (bicyclic) bond motifs is 1. The Morgan fingerprint density at radius 2 is 1.81 bits per heavy atom. The molecule has 0 unspecified atom stereocenters. The van der Waals surface area contributed by atoms with Gasteiger partial charge in [-0.2, -0.15) is 0 Å². The SMILES string of the molecule is Fc1cccc(COc2nc3ccc(Br)cc3cc2-c2cccc(-c3ncco3)c2)c1. The van der Waals surface area contributed by atoms with E-state index in [1.54, 1.807) is 18.5 Å². The summed E-state index contributed by atoms with van der Waals surface area (Å²) in [7, 11) is 0. The van der Waals surface area contributed by atoms with Crippen molar-refractivity contribution < 1.29 is 13.5 Å². The molecule has 2 aromatic heterocycles. The Kier molecular flexibility index (Phi) is 5.22. The van der Waals surface area contributed by atoms with Gasteiger partial charge in [0.2, 0.25) is 11.8 Å². The van der Waals surface area contributed by atoms with Gasteiger partial charge in [-0.15, -0.1) is 0 Å². The highest BCUT2D eigenvalue weighted by molar-refractivity contribution is 9.10. The van der Waals surface area contributed by atoms with E-state index in [9.17, 15) is 4.39 Å². The summed E-state index contributed by atoms with van der Waals surface area (Å²) >= 11 is 3.52. The Morgan fingerprint density at radius 3 is 2.65 bits per heavy atom. The first-order valence-electron chi connectivity index (χ1n) is 9.63. The average Bonchev–Trinajstić information content (AvgIpc) is 3.32. The maximum absolute atomic E-state index is 13.6. The molecule has 5 rings (SSSR count). The highest BCUT2D eigenvalue weighted by Gasteiger charge is 2.13. The second-order valence-corrected chi connectivity index (χ2v) is 7.93. The van der Waals surface area contributed by atoms with Crippen molar-refractivity contribution in [2.24, 2.45) is 0 Å². The van der Waals surface area contributed by atoms with Crippen molar-refractivity contribution in [2.75, 3.05) is 0 Å². The van der Waals surface area contributed by atoms with Gasteiger partial charge >= 0.3 is 0 Å². The molecule has 0 amide bonds. The van der Waals surface area contributed by atoms with Crippen LogP contribution in [-0.2, 0) is 6.61 Å². The standard InChI is InChI=1S/C25H16BrFN2O2/c26-20-7-8-23-19(13-20)14-22(17-4-2-5-18(12-17)24-28-9-10-30-24)25(29-23)31-15-16-3-1-6-21(27)11-16/h1-14H,15H2. The van der Waals surface area contributed by atoms with Gasteiger partial charge in [-0.1, -0.05) is 40.2 Å². The second kappa shape index (κ2) is 8.32. The number of halogens is 2. The third kappa shape index (κ3) is 4.20. The van der Waals surface area contributed by atoms with Crippen molar-refractivity contribution in [3.8, 4) is 28.5 Å². The monoisotopic (exact) mass is 474 g/mol. The van der Waals surface area contributed by atoms with Crippen LogP contribution in [0.2, 0.25) is 0 Å². The summed E-state index contributed by atoms with van der Waals surface area (Å²) in [5.74, 6) is 0.723. The van der Waals surface area contributed by atoms with Gasteiger partial charge in [0.05, 0.1) is 11.7 Å². The molecule has 0 aliphatic heterocycles. The number of ether oxygens (including phenoxy) is 1. The minimum absolute atomic E-state index is 0.208. The van der Waals surface area contributed by atoms with Crippen LogP contribution < -0.4 is 4.74 Å². The molecule has 4 nitrogen and oxygen atoms in total. The summed E-state index contributed by atoms with van der Waals surface area (Å²) in [4.78, 5) is 8.98. The van der Waals surface area contributed by atoms with Crippen molar-refractivity contribution in [1.82, 2.24) is 9.97 Å². The van der Waals surface area contributed by atoms with Crippen molar-refractivity contribution in [2.45, 2.75) is 6.61 Å². The first-order valence-corrected chi connectivity index (χ1v) is 10.4. The number of hydrogen-bond donors (Lipinski definition) is 0. The molecule has 5 aromatic rings. The van der Waals surface area contributed by atoms with Crippen LogP contribution in [0.15, 0.2) is 94.1 Å². The number of nitrogens with zero attached hydrogens (tertiary/aromatic N) is 2. The Balaban J connectivity index is 1.59. The second-order valence-electron chi connectivity index (χ2n) is 7.01. The quantitative estimate of drug-likeness (QED) is 0.274. The summed E-state index contributed by atoms with van der Waals surface area (Å²) in [5, 5.41) is 0.976. The van der Waals surface area contributed by atoms with E-state index in [-0.39, 0.29) is 12.4 Å². The summed E-state index contributed by atoms with van der Waals surface area (Å²) < 4.78 is 26.1. The van der Waals surface area contributed by atoms with Gasteiger partial charge in [-0.25, -0.2) is 14.4 Å². The lowest BCUT2D eigenvalue weighted by atomic mass is 10.0. The third-order valence-electron chi connectivity index (χ3n) is 4.86. The molecular weight excluding hydrogens is 459 g/mol. The smallest absolute Gasteiger partial charge is 0.225 e. The fourth-order valence-electron chi connectivity index (χ4n) is 3.41. The van der Waals surface area contributed by atoms with E-state index in [0.29, 0.717) is 11.8 Å². The zero-order valence-corrected chi connectivity index (χ0v) is 17.8. The van der Waals surface area contributed by atoms with Crippen molar-refractivity contribution in [3.63, 3.8) is 0 Å². The van der Waals surface area contributed by atoms with E-state index >= 15 is 0 Å². The topological polar surface area (TPSA) is 48.2 Å². The summed E-state index contributed by atoms with van der Waals surface area (Å²) in [5.41, 5.74) is 4.14. The molecule has 31 heavy (non-hydrogen) atoms. The molecular formula is C25H16BrFN2O2. The zero-order valence-electron chi connectivity index (χ0n) is 16.3. The van der Waals surface area contributed by atoms with Crippen LogP contribution in [0.25, 0.3) is 33.5 Å². The minimum atomic E-state index is -0.295. The number of pyridine rings is 1. The maximum Gasteiger partial charge on any atom is 0.225 e. The molecule has 0 spiro atoms. The summed E-state index contributed by atoms with van der Waals surface area (Å²) in [6.07, 6.45) is 3.16. The predicted molar refractivity (Wildman–Crippen MR) is 121 cm³/mol. The predicted octanol–water partition coefficient (Wildman–Crippen LogP) is 7.04. The van der Waals surface area contributed by atoms with Crippen LogP contribution in [-0.4, -0.2) is 9.97 Å². The number of rotatable bonds is 5. The molecule has 152 valence electrons. The van der Waals surface area contributed by atoms with Crippen molar-refractivity contribution in [1.29, 1.82) is 0 Å². The molecule has 0 N–H and O–H groups in total. The lowest BCUT2D eigenvalue weighted by Crippen LogP contribution is -2.00. The minimum Gasteiger partial charge on any atom is -0.472 e. The number of hydrogen-bond acceptors (Lipinski definition) is 4. The van der Waals surface area contributed by atoms with Gasteiger partial charge in [0.25, 0.3) is 0 Å². The fraction of sp³-hybridized carbons (Fsp3) is 0.0400. The van der Waals surface area contributed by atoms with Crippen LogP contribution in [0.3, 0.4) is 0 Å². The van der Waals surface area contributed by atoms with Gasteiger partial charge in [-0.3, -0.25) is 0 Å². The average molecular weight is 475 g/mol. The van der Waals surface area contributed by atoms with Crippen LogP contribution in [0.4, 0.5) is 4.39 Å². The Labute approximate surface area is 186 Å². The summed E-state index contributed by atoms with van der Waals surface area (Å²) in [6.45, 7) is 0.208. The lowest BCUT2D eigenvalue weighted by Gasteiger charge is -2.13. The van der Waals surface area contributed by atoms with Crippen molar-refractivity contribution >= 4 is 26.8 Å². The Bertz CT molecular complexity index is 1370. The number of benzene rings is 3. The van der Waals surface area contributed by atoms with E-state index in [0.717, 1.165) is 37.6 Å². The van der Waals surface area contributed by atoms with Gasteiger partial charge < -0.3 is 9.15 Å². The van der Waals surface area contributed by atoms with Gasteiger partial charge in [-0.05, 0) is 59.7 Å². The number of aromatic nitrogens is 2. The van der Waals surface area contributed by atoms with E-state index in [1.165, 1.54) is 12.1 Å². The first kappa shape index (κ1) is 19.5. The highest BCUT2D eigenvalue weighted by atomic mass is 79.9. The van der Waals surface area contributed by atoms with E-state index in [4.69, 9.17) is 14.1 Å². The van der Waals surface area contributed by atoms with Gasteiger partial charge in [0, 0.05) is 21.0 Å². The molecule has 0 aliphatic rings. The molecule has 0 saturated carbocycles. The molecule has 3 aromatic carbocycles. The maximum atomic E-state index is 13.6. The van der Waals surface area contributed by atoms with E-state index in [1.807, 2.05) is 54.6 Å². The molecule has 0 aliphatic carbocycles. The van der Waals surface area contributed by atoms with Crippen LogP contribution in [0.5, 0.6) is 5.88 Å². The van der Waals surface area contributed by atoms with Crippen LogP contribution in [0, 0.1) is 5.82 Å². The molecule has 0 saturated heterocycles. The molecule has 0 fully saturated rings. The first-order chi connectivity index (χ1) is 15.2.